The summed E-state index contributed by atoms with van der Waals surface area (Å²) in [6, 6.07) is -0.625. The van der Waals surface area contributed by atoms with Crippen molar-refractivity contribution in [1.29, 1.82) is 0 Å². The molecule has 0 spiro atoms. The molecule has 0 aromatic rings. The van der Waals surface area contributed by atoms with Gasteiger partial charge in [-0.25, -0.2) is 4.79 Å². The molecule has 0 aliphatic rings. The smallest absolute Gasteiger partial charge is 0.408 e. The van der Waals surface area contributed by atoms with Gasteiger partial charge >= 0.3 is 6.09 Å². The topological polar surface area (TPSA) is 96.5 Å². The lowest BCUT2D eigenvalue weighted by atomic mass is 9.98. The van der Waals surface area contributed by atoms with Crippen LogP contribution in [0.3, 0.4) is 0 Å². The van der Waals surface area contributed by atoms with E-state index in [1.54, 1.807) is 20.8 Å². The van der Waals surface area contributed by atoms with Gasteiger partial charge in [-0.05, 0) is 39.5 Å². The van der Waals surface area contributed by atoms with Crippen LogP contribution in [0.4, 0.5) is 4.79 Å². The minimum atomic E-state index is -0.625. The lowest BCUT2D eigenvalue weighted by Crippen LogP contribution is -2.51. The average molecular weight is 343 g/mol. The van der Waals surface area contributed by atoms with E-state index in [4.69, 9.17) is 4.74 Å². The van der Waals surface area contributed by atoms with Gasteiger partial charge in [0.25, 0.3) is 0 Å². The second-order valence-corrected chi connectivity index (χ2v) is 6.99. The zero-order chi connectivity index (χ0) is 18.8. The molecule has 0 rings (SSSR count). The predicted octanol–water partition coefficient (Wildman–Crippen LogP) is 1.96. The fourth-order valence-corrected chi connectivity index (χ4v) is 1.97. The molecular weight excluding hydrogens is 310 g/mol. The number of hydrogen-bond acceptors (Lipinski definition) is 4. The first-order chi connectivity index (χ1) is 11.1. The summed E-state index contributed by atoms with van der Waals surface area (Å²) >= 11 is 0. The van der Waals surface area contributed by atoms with Gasteiger partial charge in [0.15, 0.2) is 0 Å². The Labute approximate surface area is 145 Å². The number of unbranched alkanes of at least 4 members (excludes halogenated alkanes) is 1. The van der Waals surface area contributed by atoms with Crippen LogP contribution in [-0.4, -0.2) is 42.6 Å². The number of amides is 3. The molecule has 140 valence electrons. The van der Waals surface area contributed by atoms with Gasteiger partial charge in [-0.2, -0.15) is 0 Å². The molecule has 2 unspecified atom stereocenters. The predicted molar refractivity (Wildman–Crippen MR) is 93.5 cm³/mol. The minimum Gasteiger partial charge on any atom is -0.444 e. The number of carbonyl (C=O) groups excluding carboxylic acids is 3. The van der Waals surface area contributed by atoms with E-state index >= 15 is 0 Å². The van der Waals surface area contributed by atoms with E-state index in [2.05, 4.69) is 16.0 Å². The maximum atomic E-state index is 12.3. The molecule has 7 heteroatoms. The third kappa shape index (κ3) is 10.9. The first-order valence-corrected chi connectivity index (χ1v) is 8.58. The van der Waals surface area contributed by atoms with Gasteiger partial charge in [0.05, 0.1) is 0 Å². The highest BCUT2D eigenvalue weighted by atomic mass is 16.6. The third-order valence-electron chi connectivity index (χ3n) is 3.44. The summed E-state index contributed by atoms with van der Waals surface area (Å²) in [6.45, 7) is 11.8. The van der Waals surface area contributed by atoms with Gasteiger partial charge in [-0.3, -0.25) is 9.59 Å². The van der Waals surface area contributed by atoms with Crippen LogP contribution in [-0.2, 0) is 14.3 Å². The molecular formula is C17H33N3O4. The van der Waals surface area contributed by atoms with Crippen molar-refractivity contribution < 1.29 is 19.1 Å². The van der Waals surface area contributed by atoms with Gasteiger partial charge in [0.2, 0.25) is 11.8 Å². The first-order valence-electron chi connectivity index (χ1n) is 8.58. The molecule has 24 heavy (non-hydrogen) atoms. The molecule has 0 saturated carbocycles. The van der Waals surface area contributed by atoms with Crippen molar-refractivity contribution in [3.63, 3.8) is 0 Å². The molecule has 0 radical (unpaired) electrons. The number of rotatable bonds is 9. The molecule has 0 heterocycles. The number of hydrogen-bond donors (Lipinski definition) is 3. The summed E-state index contributed by atoms with van der Waals surface area (Å²) in [6.07, 6.45) is 1.71. The Hall–Kier alpha value is -1.79. The molecule has 0 aliphatic carbocycles. The van der Waals surface area contributed by atoms with Crippen LogP contribution >= 0.6 is 0 Å². The number of ether oxygens (including phenoxy) is 1. The van der Waals surface area contributed by atoms with Crippen LogP contribution in [0.15, 0.2) is 0 Å². The van der Waals surface area contributed by atoms with E-state index in [1.165, 1.54) is 6.92 Å². The van der Waals surface area contributed by atoms with Crippen molar-refractivity contribution in [3.8, 4) is 0 Å². The van der Waals surface area contributed by atoms with Crippen LogP contribution in [0.5, 0.6) is 0 Å². The Balaban J connectivity index is 4.36. The minimum absolute atomic E-state index is 0.00287. The van der Waals surface area contributed by atoms with E-state index < -0.39 is 17.7 Å². The summed E-state index contributed by atoms with van der Waals surface area (Å²) in [4.78, 5) is 35.0. The highest BCUT2D eigenvalue weighted by Gasteiger charge is 2.27. The molecule has 0 aromatic heterocycles. The maximum absolute atomic E-state index is 12.3. The Morgan fingerprint density at radius 1 is 1.04 bits per heavy atom. The Kier molecular flexibility index (Phi) is 10.1. The zero-order valence-electron chi connectivity index (χ0n) is 15.8. The lowest BCUT2D eigenvalue weighted by molar-refractivity contribution is -0.124. The van der Waals surface area contributed by atoms with Crippen molar-refractivity contribution in [2.45, 2.75) is 72.4 Å². The van der Waals surface area contributed by atoms with Crippen LogP contribution in [0.2, 0.25) is 0 Å². The summed E-state index contributed by atoms with van der Waals surface area (Å²) in [7, 11) is 0. The molecule has 0 bridgehead atoms. The van der Waals surface area contributed by atoms with E-state index in [-0.39, 0.29) is 17.7 Å². The SMILES string of the molecule is CCC(C)C(NC(=O)OC(C)(C)C)C(=O)NCCCCNC(C)=O. The lowest BCUT2D eigenvalue weighted by Gasteiger charge is -2.26. The van der Waals surface area contributed by atoms with E-state index in [0.717, 1.165) is 19.3 Å². The quantitative estimate of drug-likeness (QED) is 0.558. The highest BCUT2D eigenvalue weighted by molar-refractivity contribution is 5.85. The Bertz CT molecular complexity index is 419. The van der Waals surface area contributed by atoms with Crippen LogP contribution in [0.1, 0.15) is 60.8 Å². The molecule has 0 saturated heterocycles. The summed E-state index contributed by atoms with van der Waals surface area (Å²) in [5.74, 6) is -0.274. The van der Waals surface area contributed by atoms with Crippen LogP contribution < -0.4 is 16.0 Å². The van der Waals surface area contributed by atoms with Gasteiger partial charge in [-0.1, -0.05) is 20.3 Å². The van der Waals surface area contributed by atoms with Gasteiger partial charge in [0.1, 0.15) is 11.6 Å². The van der Waals surface area contributed by atoms with Crippen molar-refractivity contribution in [2.75, 3.05) is 13.1 Å². The molecule has 2 atom stereocenters. The van der Waals surface area contributed by atoms with Gasteiger partial charge in [0, 0.05) is 20.0 Å². The molecule has 3 N–H and O–H groups in total. The summed E-state index contributed by atoms with van der Waals surface area (Å²) in [5, 5.41) is 8.20. The first kappa shape index (κ1) is 22.2. The number of nitrogens with one attached hydrogen (secondary N) is 3. The van der Waals surface area contributed by atoms with Crippen LogP contribution in [0.25, 0.3) is 0 Å². The molecule has 0 aromatic carbocycles. The second-order valence-electron chi connectivity index (χ2n) is 6.99. The molecule has 0 aliphatic heterocycles. The largest absolute Gasteiger partial charge is 0.444 e. The van der Waals surface area contributed by atoms with Crippen molar-refractivity contribution in [1.82, 2.24) is 16.0 Å². The average Bonchev–Trinajstić information content (AvgIpc) is 2.45. The summed E-state index contributed by atoms with van der Waals surface area (Å²) < 4.78 is 5.22. The van der Waals surface area contributed by atoms with E-state index in [9.17, 15) is 14.4 Å². The van der Waals surface area contributed by atoms with Gasteiger partial charge in [-0.15, -0.1) is 0 Å². The number of alkyl carbamates (subject to hydrolysis) is 1. The second kappa shape index (κ2) is 10.9. The zero-order valence-corrected chi connectivity index (χ0v) is 15.8. The third-order valence-corrected chi connectivity index (χ3v) is 3.44. The molecule has 7 nitrogen and oxygen atoms in total. The standard InChI is InChI=1S/C17H33N3O4/c1-7-12(2)14(20-16(23)24-17(4,5)6)15(22)19-11-9-8-10-18-13(3)21/h12,14H,7-11H2,1-6H3,(H,18,21)(H,19,22)(H,20,23). The number of carbonyl (C=O) groups is 3. The fraction of sp³-hybridized carbons (Fsp3) is 0.824. The van der Waals surface area contributed by atoms with Crippen molar-refractivity contribution in [2.24, 2.45) is 5.92 Å². The fourth-order valence-electron chi connectivity index (χ4n) is 1.97. The highest BCUT2D eigenvalue weighted by Crippen LogP contribution is 2.11. The van der Waals surface area contributed by atoms with Gasteiger partial charge < -0.3 is 20.7 Å². The summed E-state index contributed by atoms with van der Waals surface area (Å²) in [5.41, 5.74) is -0.607. The van der Waals surface area contributed by atoms with Crippen molar-refractivity contribution >= 4 is 17.9 Å². The monoisotopic (exact) mass is 343 g/mol. The molecule has 0 fully saturated rings. The maximum Gasteiger partial charge on any atom is 0.408 e. The van der Waals surface area contributed by atoms with Crippen molar-refractivity contribution in [3.05, 3.63) is 0 Å². The normalized spacial score (nSPS) is 13.6. The van der Waals surface area contributed by atoms with E-state index in [0.29, 0.717) is 13.1 Å². The van der Waals surface area contributed by atoms with Crippen LogP contribution in [0, 0.1) is 5.92 Å². The molecule has 3 amide bonds. The Morgan fingerprint density at radius 3 is 2.04 bits per heavy atom. The van der Waals surface area contributed by atoms with E-state index in [1.807, 2.05) is 13.8 Å². The Morgan fingerprint density at radius 2 is 1.58 bits per heavy atom.